The predicted octanol–water partition coefficient (Wildman–Crippen LogP) is 3.19. The van der Waals surface area contributed by atoms with E-state index in [1.165, 1.54) is 0 Å². The van der Waals surface area contributed by atoms with Gasteiger partial charge in [0.2, 0.25) is 0 Å². The number of rotatable bonds is 2. The Morgan fingerprint density at radius 3 is 2.33 bits per heavy atom. The summed E-state index contributed by atoms with van der Waals surface area (Å²) in [6.45, 7) is 6.81. The molecule has 1 heterocycles. The molecule has 5 heteroatoms. The van der Waals surface area contributed by atoms with Crippen LogP contribution in [0.15, 0.2) is 35.2 Å². The highest BCUT2D eigenvalue weighted by atomic mass is 32.2. The molecule has 0 aromatic heterocycles. The Labute approximate surface area is 129 Å². The van der Waals surface area contributed by atoms with Crippen LogP contribution in [0.4, 0.5) is 4.79 Å². The second-order valence-corrected chi connectivity index (χ2v) is 8.01. The Kier molecular flexibility index (Phi) is 5.17. The zero-order valence-corrected chi connectivity index (χ0v) is 13.7. The minimum Gasteiger partial charge on any atom is -0.611 e. The Balaban J connectivity index is 1.87. The van der Waals surface area contributed by atoms with E-state index in [2.05, 4.69) is 0 Å². The van der Waals surface area contributed by atoms with Crippen LogP contribution in [0.2, 0.25) is 0 Å². The number of benzene rings is 1. The summed E-state index contributed by atoms with van der Waals surface area (Å²) in [7, 11) is 0. The third-order valence-electron chi connectivity index (χ3n) is 3.37. The molecule has 1 aromatic rings. The highest BCUT2D eigenvalue weighted by Crippen LogP contribution is 2.25. The summed E-state index contributed by atoms with van der Waals surface area (Å²) in [5.74, 6) is 0. The van der Waals surface area contributed by atoms with E-state index in [1.54, 1.807) is 4.90 Å². The van der Waals surface area contributed by atoms with Crippen molar-refractivity contribution in [1.29, 1.82) is 0 Å². The molecule has 1 fully saturated rings. The fraction of sp³-hybridized carbons (Fsp3) is 0.562. The zero-order chi connectivity index (χ0) is 15.5. The van der Waals surface area contributed by atoms with Gasteiger partial charge in [-0.25, -0.2) is 4.79 Å². The summed E-state index contributed by atoms with van der Waals surface area (Å²) in [4.78, 5) is 14.6. The zero-order valence-electron chi connectivity index (χ0n) is 12.9. The lowest BCUT2D eigenvalue weighted by molar-refractivity contribution is 0.0217. The van der Waals surface area contributed by atoms with Crippen molar-refractivity contribution in [3.05, 3.63) is 30.3 Å². The van der Waals surface area contributed by atoms with Gasteiger partial charge in [-0.2, -0.15) is 0 Å². The van der Waals surface area contributed by atoms with Crippen molar-refractivity contribution >= 4 is 17.3 Å². The molecule has 0 radical (unpaired) electrons. The molecule has 1 saturated heterocycles. The number of amides is 1. The van der Waals surface area contributed by atoms with E-state index < -0.39 is 16.8 Å². The highest BCUT2D eigenvalue weighted by Gasteiger charge is 2.32. The molecular formula is C16H23NO3S. The van der Waals surface area contributed by atoms with Gasteiger partial charge in [-0.05, 0) is 44.1 Å². The van der Waals surface area contributed by atoms with Crippen LogP contribution in [0.5, 0.6) is 0 Å². The number of piperidine rings is 1. The van der Waals surface area contributed by atoms with Crippen molar-refractivity contribution in [3.8, 4) is 0 Å². The van der Waals surface area contributed by atoms with Gasteiger partial charge in [0.25, 0.3) is 0 Å². The van der Waals surface area contributed by atoms with Gasteiger partial charge in [-0.1, -0.05) is 18.2 Å². The third kappa shape index (κ3) is 4.64. The fourth-order valence-electron chi connectivity index (χ4n) is 2.33. The minimum absolute atomic E-state index is 0.117. The quantitative estimate of drug-likeness (QED) is 0.788. The van der Waals surface area contributed by atoms with Gasteiger partial charge in [0.05, 0.1) is 0 Å². The van der Waals surface area contributed by atoms with Crippen LogP contribution in [0.1, 0.15) is 33.6 Å². The van der Waals surface area contributed by atoms with E-state index in [0.29, 0.717) is 13.1 Å². The number of hydrogen-bond donors (Lipinski definition) is 0. The van der Waals surface area contributed by atoms with Crippen molar-refractivity contribution < 1.29 is 14.1 Å². The van der Waals surface area contributed by atoms with Crippen LogP contribution >= 0.6 is 0 Å². The molecule has 1 atom stereocenters. The van der Waals surface area contributed by atoms with Gasteiger partial charge >= 0.3 is 6.09 Å². The monoisotopic (exact) mass is 309 g/mol. The number of likely N-dealkylation sites (tertiary alicyclic amines) is 1. The smallest absolute Gasteiger partial charge is 0.410 e. The summed E-state index contributed by atoms with van der Waals surface area (Å²) in [5.41, 5.74) is -0.471. The van der Waals surface area contributed by atoms with Crippen LogP contribution in [-0.2, 0) is 15.9 Å². The van der Waals surface area contributed by atoms with Gasteiger partial charge < -0.3 is 14.2 Å². The summed E-state index contributed by atoms with van der Waals surface area (Å²) in [6.07, 6.45) is 1.23. The minimum atomic E-state index is -0.996. The maximum atomic E-state index is 12.5. The molecule has 1 amide bonds. The molecule has 1 aliphatic rings. The lowest BCUT2D eigenvalue weighted by Crippen LogP contribution is -2.44. The van der Waals surface area contributed by atoms with Gasteiger partial charge in [-0.15, -0.1) is 0 Å². The first kappa shape index (κ1) is 16.2. The number of nitrogens with zero attached hydrogens (tertiary/aromatic N) is 1. The molecule has 1 unspecified atom stereocenters. The van der Waals surface area contributed by atoms with Crippen molar-refractivity contribution in [3.63, 3.8) is 0 Å². The van der Waals surface area contributed by atoms with Crippen LogP contribution in [0.3, 0.4) is 0 Å². The molecule has 1 aliphatic heterocycles. The summed E-state index contributed by atoms with van der Waals surface area (Å²) >= 11 is -0.996. The number of ether oxygens (including phenoxy) is 1. The molecule has 0 aliphatic carbocycles. The van der Waals surface area contributed by atoms with Crippen LogP contribution in [0, 0.1) is 0 Å². The number of hydrogen-bond acceptors (Lipinski definition) is 3. The SMILES string of the molecule is CC(C)(C)OC(=O)N1CCC([S+]([O-])c2ccccc2)CC1. The summed E-state index contributed by atoms with van der Waals surface area (Å²) in [6, 6.07) is 9.53. The first-order chi connectivity index (χ1) is 9.87. The summed E-state index contributed by atoms with van der Waals surface area (Å²) in [5, 5.41) is 0.117. The predicted molar refractivity (Wildman–Crippen MR) is 83.7 cm³/mol. The van der Waals surface area contributed by atoms with Gasteiger partial charge in [-0.3, -0.25) is 0 Å². The molecule has 0 spiro atoms. The van der Waals surface area contributed by atoms with E-state index in [4.69, 9.17) is 4.74 Å². The van der Waals surface area contributed by atoms with E-state index in [1.807, 2.05) is 51.1 Å². The molecule has 0 N–H and O–H groups in total. The molecule has 116 valence electrons. The molecule has 1 aromatic carbocycles. The van der Waals surface area contributed by atoms with Gasteiger partial charge in [0.1, 0.15) is 10.9 Å². The highest BCUT2D eigenvalue weighted by molar-refractivity contribution is 7.92. The molecule has 0 saturated carbocycles. The lowest BCUT2D eigenvalue weighted by Gasteiger charge is -2.33. The van der Waals surface area contributed by atoms with Crippen molar-refractivity contribution in [1.82, 2.24) is 4.90 Å². The Morgan fingerprint density at radius 1 is 1.24 bits per heavy atom. The Morgan fingerprint density at radius 2 is 1.81 bits per heavy atom. The van der Waals surface area contributed by atoms with E-state index in [-0.39, 0.29) is 11.3 Å². The maximum Gasteiger partial charge on any atom is 0.410 e. The first-order valence-electron chi connectivity index (χ1n) is 7.30. The number of carbonyl (C=O) groups is 1. The Bertz CT molecular complexity index is 464. The van der Waals surface area contributed by atoms with Crippen LogP contribution < -0.4 is 0 Å². The van der Waals surface area contributed by atoms with Crippen molar-refractivity contribution in [2.24, 2.45) is 0 Å². The molecular weight excluding hydrogens is 286 g/mol. The average Bonchev–Trinajstić information content (AvgIpc) is 2.46. The normalized spacial score (nSPS) is 18.4. The van der Waals surface area contributed by atoms with Gasteiger partial charge in [0.15, 0.2) is 4.90 Å². The topological polar surface area (TPSA) is 52.6 Å². The second kappa shape index (κ2) is 6.71. The lowest BCUT2D eigenvalue weighted by atomic mass is 10.1. The first-order valence-corrected chi connectivity index (χ1v) is 8.52. The van der Waals surface area contributed by atoms with E-state index in [9.17, 15) is 9.35 Å². The van der Waals surface area contributed by atoms with Crippen molar-refractivity contribution in [2.45, 2.75) is 49.4 Å². The maximum absolute atomic E-state index is 12.5. The molecule has 0 bridgehead atoms. The fourth-order valence-corrected chi connectivity index (χ4v) is 3.78. The van der Waals surface area contributed by atoms with E-state index >= 15 is 0 Å². The standard InChI is InChI=1S/C16H23NO3S/c1-16(2,3)20-15(18)17-11-9-14(10-12-17)21(19)13-7-5-4-6-8-13/h4-8,14H,9-12H2,1-3H3. The second-order valence-electron chi connectivity index (χ2n) is 6.28. The molecule has 21 heavy (non-hydrogen) atoms. The average molecular weight is 309 g/mol. The largest absolute Gasteiger partial charge is 0.611 e. The summed E-state index contributed by atoms with van der Waals surface area (Å²) < 4.78 is 17.9. The van der Waals surface area contributed by atoms with Crippen LogP contribution in [0.25, 0.3) is 0 Å². The Hall–Kier alpha value is -1.20. The van der Waals surface area contributed by atoms with Crippen molar-refractivity contribution in [2.75, 3.05) is 13.1 Å². The van der Waals surface area contributed by atoms with Gasteiger partial charge in [0, 0.05) is 25.9 Å². The number of carbonyl (C=O) groups excluding carboxylic acids is 1. The third-order valence-corrected chi connectivity index (χ3v) is 5.19. The molecule has 2 rings (SSSR count). The molecule has 4 nitrogen and oxygen atoms in total. The van der Waals surface area contributed by atoms with E-state index in [0.717, 1.165) is 17.7 Å². The van der Waals surface area contributed by atoms with Crippen LogP contribution in [-0.4, -0.2) is 39.5 Å².